The van der Waals surface area contributed by atoms with E-state index in [4.69, 9.17) is 4.74 Å². The lowest BCUT2D eigenvalue weighted by atomic mass is 10.0. The van der Waals surface area contributed by atoms with Gasteiger partial charge in [0.25, 0.3) is 0 Å². The Morgan fingerprint density at radius 3 is 2.64 bits per heavy atom. The molecule has 2 aromatic rings. The number of aliphatic hydroxyl groups excluding tert-OH is 1. The minimum absolute atomic E-state index is 0.330. The van der Waals surface area contributed by atoms with E-state index in [0.717, 1.165) is 30.8 Å². The molecule has 138 valence electrons. The van der Waals surface area contributed by atoms with E-state index in [2.05, 4.69) is 11.9 Å². The highest BCUT2D eigenvalue weighted by Gasteiger charge is 2.21. The van der Waals surface area contributed by atoms with E-state index in [-0.39, 0.29) is 0 Å². The Bertz CT molecular complexity index is 574. The number of thiazole rings is 1. The van der Waals surface area contributed by atoms with Gasteiger partial charge in [-0.3, -0.25) is 0 Å². The average molecular weight is 366 g/mol. The third-order valence-electron chi connectivity index (χ3n) is 4.18. The zero-order valence-corrected chi connectivity index (χ0v) is 15.7. The SMILES string of the molecule is CCCCCCOc1ccc(CCCC(F)C(O)c2nccs2)cc1. The summed E-state index contributed by atoms with van der Waals surface area (Å²) in [7, 11) is 0. The average Bonchev–Trinajstić information content (AvgIpc) is 3.16. The first-order valence-electron chi connectivity index (χ1n) is 9.14. The molecule has 3 nitrogen and oxygen atoms in total. The molecule has 0 aliphatic rings. The first kappa shape index (κ1) is 19.9. The Balaban J connectivity index is 1.65. The van der Waals surface area contributed by atoms with E-state index in [1.165, 1.54) is 30.6 Å². The fourth-order valence-corrected chi connectivity index (χ4v) is 3.34. The minimum Gasteiger partial charge on any atom is -0.494 e. The predicted molar refractivity (Wildman–Crippen MR) is 101 cm³/mol. The number of hydrogen-bond acceptors (Lipinski definition) is 4. The number of alkyl halides is 1. The summed E-state index contributed by atoms with van der Waals surface area (Å²) < 4.78 is 19.8. The summed E-state index contributed by atoms with van der Waals surface area (Å²) in [5.74, 6) is 0.891. The van der Waals surface area contributed by atoms with Crippen molar-refractivity contribution in [2.45, 2.75) is 64.1 Å². The molecule has 0 radical (unpaired) electrons. The van der Waals surface area contributed by atoms with Gasteiger partial charge in [0.1, 0.15) is 23.0 Å². The topological polar surface area (TPSA) is 42.4 Å². The Morgan fingerprint density at radius 2 is 1.96 bits per heavy atom. The lowest BCUT2D eigenvalue weighted by Gasteiger charge is -2.13. The van der Waals surface area contributed by atoms with E-state index in [1.807, 2.05) is 24.3 Å². The molecule has 25 heavy (non-hydrogen) atoms. The monoisotopic (exact) mass is 365 g/mol. The maximum Gasteiger partial charge on any atom is 0.137 e. The highest BCUT2D eigenvalue weighted by atomic mass is 32.1. The summed E-state index contributed by atoms with van der Waals surface area (Å²) in [5.41, 5.74) is 1.16. The van der Waals surface area contributed by atoms with Crippen molar-refractivity contribution in [3.8, 4) is 5.75 Å². The molecule has 0 fully saturated rings. The summed E-state index contributed by atoms with van der Waals surface area (Å²) in [5, 5.41) is 12.1. The van der Waals surface area contributed by atoms with Crippen LogP contribution in [0.2, 0.25) is 0 Å². The molecule has 0 aliphatic carbocycles. The normalized spacial score (nSPS) is 13.6. The summed E-state index contributed by atoms with van der Waals surface area (Å²) >= 11 is 1.29. The molecule has 0 spiro atoms. The number of unbranched alkanes of at least 4 members (excludes halogenated alkanes) is 3. The number of hydrogen-bond donors (Lipinski definition) is 1. The van der Waals surface area contributed by atoms with Gasteiger partial charge in [-0.2, -0.15) is 0 Å². The molecule has 2 rings (SSSR count). The molecule has 2 atom stereocenters. The van der Waals surface area contributed by atoms with E-state index in [9.17, 15) is 9.50 Å². The van der Waals surface area contributed by atoms with Crippen LogP contribution in [0.4, 0.5) is 4.39 Å². The molecule has 2 unspecified atom stereocenters. The zero-order chi connectivity index (χ0) is 17.9. The molecule has 1 aromatic heterocycles. The number of rotatable bonds is 12. The number of halogens is 1. The second-order valence-electron chi connectivity index (χ2n) is 6.28. The summed E-state index contributed by atoms with van der Waals surface area (Å²) in [6.07, 6.45) is 5.83. The van der Waals surface area contributed by atoms with E-state index < -0.39 is 12.3 Å². The molecule has 0 saturated heterocycles. The molecule has 0 bridgehead atoms. The fraction of sp³-hybridized carbons (Fsp3) is 0.550. The summed E-state index contributed by atoms with van der Waals surface area (Å²) in [4.78, 5) is 3.97. The summed E-state index contributed by atoms with van der Waals surface area (Å²) in [6, 6.07) is 8.02. The van der Waals surface area contributed by atoms with Gasteiger partial charge >= 0.3 is 0 Å². The molecular formula is C20H28FNO2S. The minimum atomic E-state index is -1.27. The number of aryl methyl sites for hydroxylation is 1. The molecule has 0 aliphatic heterocycles. The second-order valence-corrected chi connectivity index (χ2v) is 7.20. The highest BCUT2D eigenvalue weighted by molar-refractivity contribution is 7.09. The van der Waals surface area contributed by atoms with Crippen molar-refractivity contribution in [1.29, 1.82) is 0 Å². The van der Waals surface area contributed by atoms with Crippen molar-refractivity contribution in [3.63, 3.8) is 0 Å². The van der Waals surface area contributed by atoms with Gasteiger partial charge in [-0.15, -0.1) is 11.3 Å². The van der Waals surface area contributed by atoms with Crippen LogP contribution in [0.3, 0.4) is 0 Å². The lowest BCUT2D eigenvalue weighted by Crippen LogP contribution is -2.13. The molecular weight excluding hydrogens is 337 g/mol. The van der Waals surface area contributed by atoms with Gasteiger partial charge in [0, 0.05) is 11.6 Å². The summed E-state index contributed by atoms with van der Waals surface area (Å²) in [6.45, 7) is 2.96. The molecule has 5 heteroatoms. The van der Waals surface area contributed by atoms with Gasteiger partial charge < -0.3 is 9.84 Å². The Morgan fingerprint density at radius 1 is 1.16 bits per heavy atom. The smallest absolute Gasteiger partial charge is 0.137 e. The molecule has 1 N–H and O–H groups in total. The zero-order valence-electron chi connectivity index (χ0n) is 14.9. The largest absolute Gasteiger partial charge is 0.494 e. The van der Waals surface area contributed by atoms with Crippen LogP contribution in [0.5, 0.6) is 5.75 Å². The van der Waals surface area contributed by atoms with Crippen molar-refractivity contribution in [1.82, 2.24) is 4.98 Å². The van der Waals surface area contributed by atoms with Crippen molar-refractivity contribution < 1.29 is 14.2 Å². The van der Waals surface area contributed by atoms with Crippen LogP contribution in [-0.2, 0) is 6.42 Å². The fourth-order valence-electron chi connectivity index (χ4n) is 2.67. The molecule has 1 aromatic carbocycles. The quantitative estimate of drug-likeness (QED) is 0.505. The molecule has 1 heterocycles. The van der Waals surface area contributed by atoms with Crippen molar-refractivity contribution >= 4 is 11.3 Å². The third kappa shape index (κ3) is 7.12. The first-order valence-corrected chi connectivity index (χ1v) is 10.0. The van der Waals surface area contributed by atoms with Gasteiger partial charge in [-0.1, -0.05) is 38.3 Å². The molecule has 0 amide bonds. The maximum absolute atomic E-state index is 14.1. The third-order valence-corrected chi connectivity index (χ3v) is 5.03. The van der Waals surface area contributed by atoms with Crippen LogP contribution in [0.1, 0.15) is 62.1 Å². The van der Waals surface area contributed by atoms with Gasteiger partial charge in [-0.05, 0) is 43.4 Å². The van der Waals surface area contributed by atoms with Crippen molar-refractivity contribution in [3.05, 3.63) is 46.4 Å². The van der Waals surface area contributed by atoms with Gasteiger partial charge in [0.2, 0.25) is 0 Å². The number of aromatic nitrogens is 1. The van der Waals surface area contributed by atoms with Crippen LogP contribution in [0.15, 0.2) is 35.8 Å². The van der Waals surface area contributed by atoms with Crippen LogP contribution in [0, 0.1) is 0 Å². The first-order chi connectivity index (χ1) is 12.2. The van der Waals surface area contributed by atoms with E-state index in [1.54, 1.807) is 11.6 Å². The second kappa shape index (κ2) is 11.2. The van der Waals surface area contributed by atoms with Crippen LogP contribution in [0.25, 0.3) is 0 Å². The highest BCUT2D eigenvalue weighted by Crippen LogP contribution is 2.25. The number of ether oxygens (including phenoxy) is 1. The Kier molecular flexibility index (Phi) is 8.91. The van der Waals surface area contributed by atoms with Crippen molar-refractivity contribution in [2.75, 3.05) is 6.61 Å². The predicted octanol–water partition coefficient (Wildman–Crippen LogP) is 5.50. The van der Waals surface area contributed by atoms with Gasteiger partial charge in [-0.25, -0.2) is 9.37 Å². The van der Waals surface area contributed by atoms with Crippen LogP contribution < -0.4 is 4.74 Å². The number of aliphatic hydroxyl groups is 1. The van der Waals surface area contributed by atoms with Gasteiger partial charge in [0.15, 0.2) is 0 Å². The number of benzene rings is 1. The van der Waals surface area contributed by atoms with Crippen LogP contribution >= 0.6 is 11.3 Å². The van der Waals surface area contributed by atoms with E-state index >= 15 is 0 Å². The molecule has 0 saturated carbocycles. The van der Waals surface area contributed by atoms with Gasteiger partial charge in [0.05, 0.1) is 6.61 Å². The Hall–Kier alpha value is -1.46. The lowest BCUT2D eigenvalue weighted by molar-refractivity contribution is 0.0710. The van der Waals surface area contributed by atoms with E-state index in [0.29, 0.717) is 17.8 Å². The van der Waals surface area contributed by atoms with Crippen molar-refractivity contribution in [2.24, 2.45) is 0 Å². The Labute approximate surface area is 153 Å². The number of nitrogens with zero attached hydrogens (tertiary/aromatic N) is 1. The maximum atomic E-state index is 14.1. The van der Waals surface area contributed by atoms with Crippen LogP contribution in [-0.4, -0.2) is 22.9 Å². The standard InChI is InChI=1S/C20H28FNO2S/c1-2-3-4-5-14-24-17-11-9-16(10-12-17)7-6-8-18(21)19(23)20-22-13-15-25-20/h9-13,15,18-19,23H,2-8,14H2,1H3.